The summed E-state index contributed by atoms with van der Waals surface area (Å²) in [5.41, 5.74) is 11.5. The molecule has 3 aromatic carbocycles. The van der Waals surface area contributed by atoms with Crippen LogP contribution in [0.2, 0.25) is 0 Å². The van der Waals surface area contributed by atoms with Gasteiger partial charge in [-0.05, 0) is 83.6 Å². The van der Waals surface area contributed by atoms with E-state index in [0.29, 0.717) is 0 Å². The lowest BCUT2D eigenvalue weighted by molar-refractivity contribution is 0.0342. The van der Waals surface area contributed by atoms with Crippen LogP contribution < -0.4 is 0 Å². The minimum Gasteiger partial charge on any atom is -0.379 e. The largest absolute Gasteiger partial charge is 0.379 e. The van der Waals surface area contributed by atoms with Crippen molar-refractivity contribution in [3.63, 3.8) is 0 Å². The van der Waals surface area contributed by atoms with E-state index in [-0.39, 0.29) is 0 Å². The van der Waals surface area contributed by atoms with Gasteiger partial charge in [0.25, 0.3) is 0 Å². The molecule has 0 saturated carbocycles. The number of hydrogen-bond acceptors (Lipinski definition) is 4. The van der Waals surface area contributed by atoms with Crippen LogP contribution in [0.25, 0.3) is 33.2 Å². The van der Waals surface area contributed by atoms with E-state index < -0.39 is 0 Å². The molecule has 1 aromatic heterocycles. The quantitative estimate of drug-likeness (QED) is 0.268. The second-order valence-corrected chi connectivity index (χ2v) is 10.2. The van der Waals surface area contributed by atoms with Gasteiger partial charge in [-0.1, -0.05) is 62.4 Å². The summed E-state index contributed by atoms with van der Waals surface area (Å²) in [5, 5.41) is 1.26. The van der Waals surface area contributed by atoms with E-state index in [1.54, 1.807) is 0 Å². The van der Waals surface area contributed by atoms with Gasteiger partial charge in [-0.15, -0.1) is 0 Å². The Morgan fingerprint density at radius 2 is 1.62 bits per heavy atom. The van der Waals surface area contributed by atoms with E-state index in [0.717, 1.165) is 58.0 Å². The monoisotopic (exact) mass is 493 g/mol. The van der Waals surface area contributed by atoms with Crippen molar-refractivity contribution in [2.24, 2.45) is 0 Å². The summed E-state index contributed by atoms with van der Waals surface area (Å²) in [4.78, 5) is 9.75. The zero-order valence-corrected chi connectivity index (χ0v) is 22.8. The summed E-state index contributed by atoms with van der Waals surface area (Å²) in [6, 6.07) is 22.5. The first-order valence-corrected chi connectivity index (χ1v) is 13.7. The van der Waals surface area contributed by atoms with Gasteiger partial charge in [0.05, 0.1) is 18.7 Å². The molecule has 1 aliphatic rings. The maximum Gasteiger partial charge on any atom is 0.0713 e. The summed E-state index contributed by atoms with van der Waals surface area (Å²) < 4.78 is 5.51. The summed E-state index contributed by atoms with van der Waals surface area (Å²) in [5.74, 6) is 0. The van der Waals surface area contributed by atoms with Gasteiger partial charge in [-0.25, -0.2) is 0 Å². The van der Waals surface area contributed by atoms with Gasteiger partial charge >= 0.3 is 0 Å². The number of hydrogen-bond donors (Lipinski definition) is 0. The van der Waals surface area contributed by atoms with E-state index in [1.165, 1.54) is 49.9 Å². The van der Waals surface area contributed by atoms with Crippen LogP contribution in [0.1, 0.15) is 36.1 Å². The van der Waals surface area contributed by atoms with Crippen molar-refractivity contribution in [3.05, 3.63) is 89.1 Å². The lowest BCUT2D eigenvalue weighted by Crippen LogP contribution is -2.35. The van der Waals surface area contributed by atoms with Crippen molar-refractivity contribution < 1.29 is 4.74 Å². The molecule has 0 spiro atoms. The van der Waals surface area contributed by atoms with Gasteiger partial charge in [0.15, 0.2) is 0 Å². The molecule has 4 heteroatoms. The first-order chi connectivity index (χ1) is 18.1. The van der Waals surface area contributed by atoms with Crippen LogP contribution in [-0.4, -0.2) is 54.2 Å². The lowest BCUT2D eigenvalue weighted by Gasteiger charge is -2.26. The van der Waals surface area contributed by atoms with Crippen molar-refractivity contribution in [1.82, 2.24) is 14.8 Å². The van der Waals surface area contributed by atoms with E-state index >= 15 is 0 Å². The highest BCUT2D eigenvalue weighted by Crippen LogP contribution is 2.38. The number of morpholine rings is 1. The van der Waals surface area contributed by atoms with Crippen LogP contribution in [0.15, 0.2) is 66.9 Å². The van der Waals surface area contributed by atoms with E-state index in [4.69, 9.17) is 9.72 Å². The van der Waals surface area contributed by atoms with Crippen molar-refractivity contribution >= 4 is 10.9 Å². The molecule has 0 bridgehead atoms. The Morgan fingerprint density at radius 1 is 0.892 bits per heavy atom. The number of benzene rings is 3. The summed E-state index contributed by atoms with van der Waals surface area (Å²) in [7, 11) is 0. The zero-order valence-electron chi connectivity index (χ0n) is 22.8. The minimum atomic E-state index is 0.835. The molecule has 1 saturated heterocycles. The molecule has 5 rings (SSSR count). The normalized spacial score (nSPS) is 14.5. The Bertz CT molecular complexity index is 1350. The van der Waals surface area contributed by atoms with Crippen LogP contribution in [0.3, 0.4) is 0 Å². The van der Waals surface area contributed by atoms with Crippen molar-refractivity contribution in [1.29, 1.82) is 0 Å². The molecule has 0 amide bonds. The molecule has 0 aliphatic carbocycles. The number of rotatable bonds is 8. The second-order valence-electron chi connectivity index (χ2n) is 10.2. The standard InChI is InChI=1S/C33H39N3O/c1-5-35(6-2)23-28-9-7-8-10-29(28)30-15-16-34-31-21-24(3)32(25(4)33(30)31)27-13-11-26(12-14-27)22-36-17-19-37-20-18-36/h7-16,21H,5-6,17-20,22-23H2,1-4H3. The maximum atomic E-state index is 5.51. The number of pyridine rings is 1. The Morgan fingerprint density at radius 3 is 2.35 bits per heavy atom. The molecule has 37 heavy (non-hydrogen) atoms. The molecule has 0 N–H and O–H groups in total. The molecule has 0 unspecified atom stereocenters. The average molecular weight is 494 g/mol. The molecule has 192 valence electrons. The maximum absolute atomic E-state index is 5.51. The molecule has 0 radical (unpaired) electrons. The molecule has 4 aromatic rings. The van der Waals surface area contributed by atoms with Crippen LogP contribution >= 0.6 is 0 Å². The van der Waals surface area contributed by atoms with Crippen molar-refractivity contribution in [2.75, 3.05) is 39.4 Å². The smallest absolute Gasteiger partial charge is 0.0713 e. The Balaban J connectivity index is 1.55. The third-order valence-corrected chi connectivity index (χ3v) is 7.83. The Labute approximate surface area is 221 Å². The zero-order chi connectivity index (χ0) is 25.8. The SMILES string of the molecule is CCN(CC)Cc1ccccc1-c1ccnc2cc(C)c(-c3ccc(CN4CCOCC4)cc3)c(C)c12. The van der Waals surface area contributed by atoms with Crippen LogP contribution in [0, 0.1) is 13.8 Å². The molecule has 0 atom stereocenters. The first-order valence-electron chi connectivity index (χ1n) is 13.7. The molecule has 1 aliphatic heterocycles. The number of aryl methyl sites for hydroxylation is 2. The molecular weight excluding hydrogens is 454 g/mol. The van der Waals surface area contributed by atoms with Gasteiger partial charge < -0.3 is 4.74 Å². The molecule has 1 fully saturated rings. The van der Waals surface area contributed by atoms with Crippen molar-refractivity contribution in [2.45, 2.75) is 40.8 Å². The fraction of sp³-hybridized carbons (Fsp3) is 0.364. The highest BCUT2D eigenvalue weighted by atomic mass is 16.5. The van der Waals surface area contributed by atoms with Crippen LogP contribution in [0.4, 0.5) is 0 Å². The van der Waals surface area contributed by atoms with Gasteiger partial charge in [0.1, 0.15) is 0 Å². The Hall–Kier alpha value is -3.05. The average Bonchev–Trinajstić information content (AvgIpc) is 2.93. The summed E-state index contributed by atoms with van der Waals surface area (Å²) >= 11 is 0. The Kier molecular flexibility index (Phi) is 7.99. The van der Waals surface area contributed by atoms with Crippen molar-refractivity contribution in [3.8, 4) is 22.3 Å². The predicted octanol–water partition coefficient (Wildman–Crippen LogP) is 6.86. The summed E-state index contributed by atoms with van der Waals surface area (Å²) in [6.45, 7) is 16.7. The number of aromatic nitrogens is 1. The van der Waals surface area contributed by atoms with E-state index in [1.807, 2.05) is 6.20 Å². The van der Waals surface area contributed by atoms with Gasteiger partial charge in [0, 0.05) is 37.8 Å². The third kappa shape index (κ3) is 5.47. The number of ether oxygens (including phenoxy) is 1. The van der Waals surface area contributed by atoms with Gasteiger partial charge in [-0.2, -0.15) is 0 Å². The fourth-order valence-corrected chi connectivity index (χ4v) is 5.75. The molecule has 4 nitrogen and oxygen atoms in total. The minimum absolute atomic E-state index is 0.835. The fourth-order valence-electron chi connectivity index (χ4n) is 5.75. The number of fused-ring (bicyclic) bond motifs is 1. The highest BCUT2D eigenvalue weighted by Gasteiger charge is 2.17. The predicted molar refractivity (Wildman–Crippen MR) is 155 cm³/mol. The van der Waals surface area contributed by atoms with Gasteiger partial charge in [0.2, 0.25) is 0 Å². The first kappa shape index (κ1) is 25.6. The highest BCUT2D eigenvalue weighted by molar-refractivity contribution is 6.01. The van der Waals surface area contributed by atoms with Gasteiger partial charge in [-0.3, -0.25) is 14.8 Å². The molecule has 2 heterocycles. The lowest BCUT2D eigenvalue weighted by atomic mass is 9.88. The number of nitrogens with zero attached hydrogens (tertiary/aromatic N) is 3. The topological polar surface area (TPSA) is 28.6 Å². The van der Waals surface area contributed by atoms with Crippen LogP contribution in [-0.2, 0) is 17.8 Å². The van der Waals surface area contributed by atoms with E-state index in [2.05, 4.69) is 98.2 Å². The van der Waals surface area contributed by atoms with E-state index in [9.17, 15) is 0 Å². The molecular formula is C33H39N3O. The second kappa shape index (κ2) is 11.6. The van der Waals surface area contributed by atoms with Crippen LogP contribution in [0.5, 0.6) is 0 Å². The summed E-state index contributed by atoms with van der Waals surface area (Å²) in [6.07, 6.45) is 1.96. The third-order valence-electron chi connectivity index (χ3n) is 7.83.